The molecule has 1 aromatic rings. The third kappa shape index (κ3) is 6.55. The number of carbonyl (C=O) groups excluding carboxylic acids is 3. The zero-order valence-electron chi connectivity index (χ0n) is 21.3. The molecule has 4 rings (SSSR count). The highest BCUT2D eigenvalue weighted by Crippen LogP contribution is 2.50. The SMILES string of the molecule is CC(C)(C)OC(=O)NC1(C(=O)NCC(F)(F)F)CCc2cc(NC(=O)[C@@H](N)C(C3CC3)C3CC3)ccc21. The van der Waals surface area contributed by atoms with Gasteiger partial charge in [-0.1, -0.05) is 6.07 Å². The van der Waals surface area contributed by atoms with Crippen LogP contribution < -0.4 is 21.7 Å². The molecule has 11 heteroatoms. The summed E-state index contributed by atoms with van der Waals surface area (Å²) < 4.78 is 43.8. The fourth-order valence-corrected chi connectivity index (χ4v) is 5.32. The minimum atomic E-state index is -4.62. The summed E-state index contributed by atoms with van der Waals surface area (Å²) in [5.41, 5.74) is 5.19. The minimum Gasteiger partial charge on any atom is -0.444 e. The van der Waals surface area contributed by atoms with Gasteiger partial charge in [-0.2, -0.15) is 13.2 Å². The van der Waals surface area contributed by atoms with E-state index in [2.05, 4.69) is 10.6 Å². The van der Waals surface area contributed by atoms with Gasteiger partial charge in [0.2, 0.25) is 5.91 Å². The summed E-state index contributed by atoms with van der Waals surface area (Å²) in [6, 6.07) is 4.18. The molecule has 204 valence electrons. The van der Waals surface area contributed by atoms with Gasteiger partial charge in [0.15, 0.2) is 0 Å². The van der Waals surface area contributed by atoms with E-state index in [9.17, 15) is 27.6 Å². The Balaban J connectivity index is 1.54. The maximum atomic E-state index is 13.1. The highest BCUT2D eigenvalue weighted by atomic mass is 19.4. The van der Waals surface area contributed by atoms with E-state index in [0.29, 0.717) is 35.1 Å². The molecule has 0 aliphatic heterocycles. The maximum Gasteiger partial charge on any atom is 0.408 e. The van der Waals surface area contributed by atoms with Crippen molar-refractivity contribution in [3.8, 4) is 0 Å². The van der Waals surface area contributed by atoms with Crippen molar-refractivity contribution in [1.82, 2.24) is 10.6 Å². The van der Waals surface area contributed by atoms with Gasteiger partial charge in [0.25, 0.3) is 5.91 Å². The van der Waals surface area contributed by atoms with Crippen molar-refractivity contribution >= 4 is 23.6 Å². The Kier molecular flexibility index (Phi) is 7.22. The van der Waals surface area contributed by atoms with Gasteiger partial charge in [-0.15, -0.1) is 0 Å². The Morgan fingerprint density at radius 2 is 1.73 bits per heavy atom. The first-order valence-electron chi connectivity index (χ1n) is 12.7. The Morgan fingerprint density at radius 1 is 1.11 bits per heavy atom. The highest BCUT2D eigenvalue weighted by molar-refractivity contribution is 5.96. The third-order valence-corrected chi connectivity index (χ3v) is 7.20. The molecule has 0 bridgehead atoms. The van der Waals surface area contributed by atoms with E-state index in [1.54, 1.807) is 39.0 Å². The van der Waals surface area contributed by atoms with E-state index in [-0.39, 0.29) is 18.2 Å². The van der Waals surface area contributed by atoms with E-state index in [4.69, 9.17) is 10.5 Å². The van der Waals surface area contributed by atoms with Gasteiger partial charge in [-0.25, -0.2) is 4.79 Å². The molecule has 37 heavy (non-hydrogen) atoms. The normalized spacial score (nSPS) is 22.3. The average Bonchev–Trinajstić information content (AvgIpc) is 3.71. The number of carbonyl (C=O) groups is 3. The second-order valence-electron chi connectivity index (χ2n) is 11.5. The number of hydrogen-bond donors (Lipinski definition) is 4. The number of anilines is 1. The lowest BCUT2D eigenvalue weighted by Crippen LogP contribution is -2.57. The molecule has 0 heterocycles. The predicted octanol–water partition coefficient (Wildman–Crippen LogP) is 3.73. The molecule has 5 N–H and O–H groups in total. The summed E-state index contributed by atoms with van der Waals surface area (Å²) in [7, 11) is 0. The van der Waals surface area contributed by atoms with E-state index in [1.807, 2.05) is 5.32 Å². The van der Waals surface area contributed by atoms with Crippen molar-refractivity contribution < 1.29 is 32.3 Å². The van der Waals surface area contributed by atoms with Crippen LogP contribution in [0.4, 0.5) is 23.7 Å². The van der Waals surface area contributed by atoms with Gasteiger partial charge in [0.1, 0.15) is 17.7 Å². The van der Waals surface area contributed by atoms with E-state index in [0.717, 1.165) is 25.7 Å². The van der Waals surface area contributed by atoms with Crippen LogP contribution in [0.25, 0.3) is 0 Å². The lowest BCUT2D eigenvalue weighted by molar-refractivity contribution is -0.142. The van der Waals surface area contributed by atoms with Crippen molar-refractivity contribution in [2.45, 2.75) is 82.7 Å². The van der Waals surface area contributed by atoms with Crippen molar-refractivity contribution in [3.63, 3.8) is 0 Å². The van der Waals surface area contributed by atoms with Crippen LogP contribution in [-0.2, 0) is 26.3 Å². The van der Waals surface area contributed by atoms with Crippen molar-refractivity contribution in [2.75, 3.05) is 11.9 Å². The molecule has 1 unspecified atom stereocenters. The van der Waals surface area contributed by atoms with Gasteiger partial charge in [0, 0.05) is 5.69 Å². The molecular formula is C26H35F3N4O4. The molecule has 8 nitrogen and oxygen atoms in total. The van der Waals surface area contributed by atoms with E-state index < -0.39 is 41.9 Å². The quantitative estimate of drug-likeness (QED) is 0.413. The van der Waals surface area contributed by atoms with E-state index >= 15 is 0 Å². The van der Waals surface area contributed by atoms with Crippen LogP contribution in [-0.4, -0.2) is 42.3 Å². The number of alkyl halides is 3. The van der Waals surface area contributed by atoms with Crippen LogP contribution >= 0.6 is 0 Å². The monoisotopic (exact) mass is 524 g/mol. The summed E-state index contributed by atoms with van der Waals surface area (Å²) in [4.78, 5) is 38.6. The molecule has 3 amide bonds. The fourth-order valence-electron chi connectivity index (χ4n) is 5.32. The number of benzene rings is 1. The van der Waals surface area contributed by atoms with Gasteiger partial charge >= 0.3 is 12.3 Å². The Hall–Kier alpha value is -2.82. The zero-order valence-corrected chi connectivity index (χ0v) is 21.3. The summed E-state index contributed by atoms with van der Waals surface area (Å²) in [6.07, 6.45) is -0.795. The van der Waals surface area contributed by atoms with Crippen LogP contribution in [0.2, 0.25) is 0 Å². The van der Waals surface area contributed by atoms with Gasteiger partial charge < -0.3 is 26.4 Å². The Labute approximate surface area is 214 Å². The number of amides is 3. The summed E-state index contributed by atoms with van der Waals surface area (Å²) in [5.74, 6) is -0.0729. The third-order valence-electron chi connectivity index (χ3n) is 7.20. The second-order valence-corrected chi connectivity index (χ2v) is 11.5. The zero-order chi connectivity index (χ0) is 27.2. The molecule has 1 aromatic carbocycles. The number of fused-ring (bicyclic) bond motifs is 1. The largest absolute Gasteiger partial charge is 0.444 e. The molecule has 3 aliphatic rings. The predicted molar refractivity (Wildman–Crippen MR) is 130 cm³/mol. The topological polar surface area (TPSA) is 123 Å². The van der Waals surface area contributed by atoms with Crippen LogP contribution in [0.15, 0.2) is 18.2 Å². The first-order valence-corrected chi connectivity index (χ1v) is 12.7. The first-order chi connectivity index (χ1) is 17.2. The van der Waals surface area contributed by atoms with Crippen LogP contribution in [0.5, 0.6) is 0 Å². The number of hydrogen-bond acceptors (Lipinski definition) is 5. The molecule has 0 spiro atoms. The van der Waals surface area contributed by atoms with Crippen LogP contribution in [0.3, 0.4) is 0 Å². The summed E-state index contributed by atoms with van der Waals surface area (Å²) in [5, 5.41) is 7.29. The molecule has 3 aliphatic carbocycles. The van der Waals surface area contributed by atoms with Crippen molar-refractivity contribution in [3.05, 3.63) is 29.3 Å². The van der Waals surface area contributed by atoms with Crippen LogP contribution in [0, 0.1) is 17.8 Å². The molecule has 2 atom stereocenters. The van der Waals surface area contributed by atoms with Gasteiger partial charge in [-0.3, -0.25) is 9.59 Å². The van der Waals surface area contributed by atoms with Crippen LogP contribution in [0.1, 0.15) is 64.0 Å². The molecule has 0 aromatic heterocycles. The molecule has 0 saturated heterocycles. The lowest BCUT2D eigenvalue weighted by atomic mass is 9.89. The Bertz CT molecular complexity index is 1050. The van der Waals surface area contributed by atoms with Crippen molar-refractivity contribution in [2.24, 2.45) is 23.5 Å². The van der Waals surface area contributed by atoms with Gasteiger partial charge in [-0.05, 0) is 100 Å². The maximum absolute atomic E-state index is 13.1. The molecule has 0 radical (unpaired) electrons. The number of halogens is 3. The number of aryl methyl sites for hydroxylation is 1. The van der Waals surface area contributed by atoms with E-state index in [1.165, 1.54) is 0 Å². The summed E-state index contributed by atoms with van der Waals surface area (Å²) >= 11 is 0. The smallest absolute Gasteiger partial charge is 0.408 e. The number of alkyl carbamates (subject to hydrolysis) is 1. The highest BCUT2D eigenvalue weighted by Gasteiger charge is 2.49. The lowest BCUT2D eigenvalue weighted by Gasteiger charge is -2.32. The van der Waals surface area contributed by atoms with Crippen molar-refractivity contribution in [1.29, 1.82) is 0 Å². The minimum absolute atomic E-state index is 0.0353. The van der Waals surface area contributed by atoms with Gasteiger partial charge in [0.05, 0.1) is 6.04 Å². The second kappa shape index (κ2) is 9.81. The first kappa shape index (κ1) is 27.2. The number of nitrogens with two attached hydrogens (primary N) is 1. The molecular weight excluding hydrogens is 489 g/mol. The average molecular weight is 525 g/mol. The standard InChI is InChI=1S/C26H35F3N4O4/c1-24(2,3)37-23(36)33-25(22(35)31-13-26(27,28)29)11-10-16-12-17(8-9-18(16)25)32-21(34)20(30)19(14-4-5-14)15-6-7-15/h8-9,12,14-15,19-20H,4-7,10-11,13,30H2,1-3H3,(H,31,35)(H,32,34)(H,33,36)/t20-,25?/m0/s1. The fraction of sp³-hybridized carbons (Fsp3) is 0.654. The number of rotatable bonds is 8. The number of ether oxygens (including phenoxy) is 1. The summed E-state index contributed by atoms with van der Waals surface area (Å²) in [6.45, 7) is 3.39. The molecule has 2 saturated carbocycles. The Morgan fingerprint density at radius 3 is 2.27 bits per heavy atom. The number of nitrogens with one attached hydrogen (secondary N) is 3. The molecule has 2 fully saturated rings.